The van der Waals surface area contributed by atoms with Crippen LogP contribution >= 0.6 is 0 Å². The van der Waals surface area contributed by atoms with Gasteiger partial charge >= 0.3 is 0 Å². The second kappa shape index (κ2) is 8.93. The first-order valence-electron chi connectivity index (χ1n) is 8.13. The van der Waals surface area contributed by atoms with E-state index in [1.54, 1.807) is 0 Å². The van der Waals surface area contributed by atoms with Crippen LogP contribution in [0.15, 0.2) is 0 Å². The molecule has 0 saturated carbocycles. The summed E-state index contributed by atoms with van der Waals surface area (Å²) in [5.74, 6) is 0.710. The Morgan fingerprint density at radius 2 is 1.95 bits per heavy atom. The smallest absolute Gasteiger partial charge is 0.0558 e. The Bertz CT molecular complexity index is 235. The standard InChI is InChI=1S/C16H34N2O/c1-5-7-8-14(6-2)11-16(19)12-15-13-17(3)9-10-18(15)4/h14-16,19H,5-13H2,1-4H3. The van der Waals surface area contributed by atoms with Crippen molar-refractivity contribution in [3.8, 4) is 0 Å². The Labute approximate surface area is 120 Å². The zero-order valence-electron chi connectivity index (χ0n) is 13.4. The molecule has 1 rings (SSSR count). The largest absolute Gasteiger partial charge is 0.393 e. The average molecular weight is 270 g/mol. The summed E-state index contributed by atoms with van der Waals surface area (Å²) in [5.41, 5.74) is 0. The van der Waals surface area contributed by atoms with Gasteiger partial charge in [0.2, 0.25) is 0 Å². The van der Waals surface area contributed by atoms with Crippen LogP contribution in [0.2, 0.25) is 0 Å². The molecular weight excluding hydrogens is 236 g/mol. The number of nitrogens with zero attached hydrogens (tertiary/aromatic N) is 2. The molecule has 1 N–H and O–H groups in total. The molecule has 1 aliphatic heterocycles. The SMILES string of the molecule is CCCCC(CC)CC(O)CC1CN(C)CCN1C. The van der Waals surface area contributed by atoms with Crippen molar-refractivity contribution < 1.29 is 5.11 Å². The molecule has 114 valence electrons. The van der Waals surface area contributed by atoms with Crippen LogP contribution < -0.4 is 0 Å². The van der Waals surface area contributed by atoms with Crippen LogP contribution in [0.1, 0.15) is 52.4 Å². The molecular formula is C16H34N2O. The number of unbranched alkanes of at least 4 members (excludes halogenated alkanes) is 1. The van der Waals surface area contributed by atoms with E-state index >= 15 is 0 Å². The van der Waals surface area contributed by atoms with E-state index in [4.69, 9.17) is 0 Å². The first-order chi connectivity index (χ1) is 9.06. The van der Waals surface area contributed by atoms with Gasteiger partial charge in [0, 0.05) is 25.7 Å². The number of likely N-dealkylation sites (N-methyl/N-ethyl adjacent to an activating group) is 2. The van der Waals surface area contributed by atoms with E-state index in [0.717, 1.165) is 32.5 Å². The predicted molar refractivity (Wildman–Crippen MR) is 82.5 cm³/mol. The molecule has 3 atom stereocenters. The summed E-state index contributed by atoms with van der Waals surface area (Å²) in [5, 5.41) is 10.4. The van der Waals surface area contributed by atoms with Gasteiger partial charge in [-0.2, -0.15) is 0 Å². The Morgan fingerprint density at radius 3 is 2.58 bits per heavy atom. The Hall–Kier alpha value is -0.120. The van der Waals surface area contributed by atoms with E-state index < -0.39 is 0 Å². The van der Waals surface area contributed by atoms with Crippen molar-refractivity contribution in [2.45, 2.75) is 64.5 Å². The van der Waals surface area contributed by atoms with Crippen LogP contribution in [-0.2, 0) is 0 Å². The maximum absolute atomic E-state index is 10.4. The van der Waals surface area contributed by atoms with Crippen molar-refractivity contribution in [1.29, 1.82) is 0 Å². The second-order valence-corrected chi connectivity index (χ2v) is 6.44. The average Bonchev–Trinajstić information content (AvgIpc) is 2.38. The molecule has 1 aliphatic rings. The molecule has 1 fully saturated rings. The van der Waals surface area contributed by atoms with Crippen molar-refractivity contribution in [3.63, 3.8) is 0 Å². The Balaban J connectivity index is 2.33. The van der Waals surface area contributed by atoms with Crippen molar-refractivity contribution in [2.24, 2.45) is 5.92 Å². The predicted octanol–water partition coefficient (Wildman–Crippen LogP) is 2.59. The van der Waals surface area contributed by atoms with E-state index in [0.29, 0.717) is 12.0 Å². The highest BCUT2D eigenvalue weighted by atomic mass is 16.3. The molecule has 19 heavy (non-hydrogen) atoms. The molecule has 0 spiro atoms. The van der Waals surface area contributed by atoms with Gasteiger partial charge in [-0.25, -0.2) is 0 Å². The molecule has 3 unspecified atom stereocenters. The minimum Gasteiger partial charge on any atom is -0.393 e. The minimum atomic E-state index is -0.124. The van der Waals surface area contributed by atoms with E-state index in [-0.39, 0.29) is 6.10 Å². The summed E-state index contributed by atoms with van der Waals surface area (Å²) in [7, 11) is 4.38. The zero-order valence-corrected chi connectivity index (χ0v) is 13.4. The Kier molecular flexibility index (Phi) is 7.96. The lowest BCUT2D eigenvalue weighted by Gasteiger charge is -2.39. The molecule has 0 radical (unpaired) electrons. The summed E-state index contributed by atoms with van der Waals surface area (Å²) in [6.45, 7) is 7.88. The molecule has 1 saturated heterocycles. The third kappa shape index (κ3) is 6.24. The number of hydrogen-bond donors (Lipinski definition) is 1. The van der Waals surface area contributed by atoms with E-state index in [1.807, 2.05) is 0 Å². The van der Waals surface area contributed by atoms with Crippen LogP contribution in [0, 0.1) is 5.92 Å². The van der Waals surface area contributed by atoms with Crippen LogP contribution in [0.25, 0.3) is 0 Å². The number of rotatable bonds is 8. The maximum atomic E-state index is 10.4. The normalized spacial score (nSPS) is 25.4. The fourth-order valence-electron chi connectivity index (χ4n) is 3.13. The molecule has 0 aromatic heterocycles. The van der Waals surface area contributed by atoms with Gasteiger partial charge in [-0.3, -0.25) is 0 Å². The first kappa shape index (κ1) is 16.9. The molecule has 0 amide bonds. The van der Waals surface area contributed by atoms with Gasteiger partial charge in [0.25, 0.3) is 0 Å². The fraction of sp³-hybridized carbons (Fsp3) is 1.00. The van der Waals surface area contributed by atoms with Gasteiger partial charge in [-0.05, 0) is 32.9 Å². The number of piperazine rings is 1. The molecule has 1 heterocycles. The Morgan fingerprint density at radius 1 is 1.21 bits per heavy atom. The van der Waals surface area contributed by atoms with Crippen LogP contribution in [0.4, 0.5) is 0 Å². The molecule has 0 aromatic rings. The molecule has 0 aliphatic carbocycles. The number of aliphatic hydroxyl groups is 1. The zero-order chi connectivity index (χ0) is 14.3. The van der Waals surface area contributed by atoms with Crippen molar-refractivity contribution >= 4 is 0 Å². The van der Waals surface area contributed by atoms with Gasteiger partial charge in [-0.15, -0.1) is 0 Å². The fourth-order valence-corrected chi connectivity index (χ4v) is 3.13. The second-order valence-electron chi connectivity index (χ2n) is 6.44. The van der Waals surface area contributed by atoms with Crippen molar-refractivity contribution in [1.82, 2.24) is 9.80 Å². The lowest BCUT2D eigenvalue weighted by molar-refractivity contribution is 0.0522. The third-order valence-electron chi connectivity index (χ3n) is 4.67. The molecule has 0 aromatic carbocycles. The highest BCUT2D eigenvalue weighted by Crippen LogP contribution is 2.22. The quantitative estimate of drug-likeness (QED) is 0.734. The lowest BCUT2D eigenvalue weighted by atomic mass is 9.90. The van der Waals surface area contributed by atoms with Gasteiger partial charge in [0.05, 0.1) is 6.10 Å². The van der Waals surface area contributed by atoms with Crippen LogP contribution in [0.3, 0.4) is 0 Å². The third-order valence-corrected chi connectivity index (χ3v) is 4.67. The van der Waals surface area contributed by atoms with Gasteiger partial charge < -0.3 is 14.9 Å². The van der Waals surface area contributed by atoms with Crippen LogP contribution in [0.5, 0.6) is 0 Å². The van der Waals surface area contributed by atoms with Gasteiger partial charge in [-0.1, -0.05) is 39.5 Å². The highest BCUT2D eigenvalue weighted by molar-refractivity contribution is 4.81. The summed E-state index contributed by atoms with van der Waals surface area (Å²) in [6, 6.07) is 0.525. The van der Waals surface area contributed by atoms with Crippen molar-refractivity contribution in [2.75, 3.05) is 33.7 Å². The highest BCUT2D eigenvalue weighted by Gasteiger charge is 2.25. The number of hydrogen-bond acceptors (Lipinski definition) is 3. The minimum absolute atomic E-state index is 0.124. The number of aliphatic hydroxyl groups excluding tert-OH is 1. The summed E-state index contributed by atoms with van der Waals surface area (Å²) in [6.07, 6.45) is 6.86. The van der Waals surface area contributed by atoms with Gasteiger partial charge in [0.1, 0.15) is 0 Å². The van der Waals surface area contributed by atoms with E-state index in [9.17, 15) is 5.11 Å². The van der Waals surface area contributed by atoms with Gasteiger partial charge in [0.15, 0.2) is 0 Å². The summed E-state index contributed by atoms with van der Waals surface area (Å²) in [4.78, 5) is 4.79. The summed E-state index contributed by atoms with van der Waals surface area (Å²) < 4.78 is 0. The maximum Gasteiger partial charge on any atom is 0.0558 e. The van der Waals surface area contributed by atoms with E-state index in [2.05, 4.69) is 37.7 Å². The molecule has 0 bridgehead atoms. The topological polar surface area (TPSA) is 26.7 Å². The van der Waals surface area contributed by atoms with E-state index in [1.165, 1.54) is 25.7 Å². The molecule has 3 heteroatoms. The monoisotopic (exact) mass is 270 g/mol. The molecule has 3 nitrogen and oxygen atoms in total. The summed E-state index contributed by atoms with van der Waals surface area (Å²) >= 11 is 0. The first-order valence-corrected chi connectivity index (χ1v) is 8.13. The van der Waals surface area contributed by atoms with Crippen molar-refractivity contribution in [3.05, 3.63) is 0 Å². The lowest BCUT2D eigenvalue weighted by Crippen LogP contribution is -2.51. The van der Waals surface area contributed by atoms with Crippen LogP contribution in [-0.4, -0.2) is 60.8 Å².